The van der Waals surface area contributed by atoms with Crippen LogP contribution < -0.4 is 0 Å². The molecule has 5 rings (SSSR count). The number of aromatic nitrogens is 1. The zero-order valence-electron chi connectivity index (χ0n) is 17.1. The van der Waals surface area contributed by atoms with Gasteiger partial charge in [-0.3, -0.25) is 9.78 Å². The van der Waals surface area contributed by atoms with Crippen LogP contribution in [0.15, 0.2) is 24.4 Å². The molecule has 4 aliphatic rings. The number of hydrogen-bond acceptors (Lipinski definition) is 5. The maximum absolute atomic E-state index is 12.7. The van der Waals surface area contributed by atoms with Crippen molar-refractivity contribution in [1.82, 2.24) is 9.88 Å². The number of pyridine rings is 1. The summed E-state index contributed by atoms with van der Waals surface area (Å²) < 4.78 is 11.9. The molecule has 2 saturated carbocycles. The van der Waals surface area contributed by atoms with Crippen LogP contribution in [-0.4, -0.2) is 54.3 Å². The predicted octanol–water partition coefficient (Wildman–Crippen LogP) is 3.08. The highest BCUT2D eigenvalue weighted by Gasteiger charge is 2.65. The first-order chi connectivity index (χ1) is 13.5. The van der Waals surface area contributed by atoms with Crippen molar-refractivity contribution in [2.45, 2.75) is 57.2 Å². The third kappa shape index (κ3) is 3.17. The highest BCUT2D eigenvalue weighted by Crippen LogP contribution is 2.62. The molecule has 28 heavy (non-hydrogen) atoms. The van der Waals surface area contributed by atoms with E-state index in [1.807, 2.05) is 18.3 Å². The molecule has 1 spiro atoms. The van der Waals surface area contributed by atoms with Crippen LogP contribution in [0.3, 0.4) is 0 Å². The maximum atomic E-state index is 12.7. The summed E-state index contributed by atoms with van der Waals surface area (Å²) in [6.07, 6.45) is 8.67. The third-order valence-corrected chi connectivity index (χ3v) is 8.06. The first-order valence-corrected chi connectivity index (χ1v) is 10.9. The van der Waals surface area contributed by atoms with Crippen molar-refractivity contribution in [3.05, 3.63) is 30.1 Å². The Balaban J connectivity index is 1.25. The fraction of sp³-hybridized carbons (Fsp3) is 0.739. The Kier molecular flexibility index (Phi) is 4.51. The van der Waals surface area contributed by atoms with E-state index in [-0.39, 0.29) is 29.0 Å². The Morgan fingerprint density at radius 1 is 1.32 bits per heavy atom. The summed E-state index contributed by atoms with van der Waals surface area (Å²) in [5.41, 5.74) is 1.50. The molecule has 6 atom stereocenters. The van der Waals surface area contributed by atoms with Crippen LogP contribution >= 0.6 is 0 Å². The van der Waals surface area contributed by atoms with Crippen molar-refractivity contribution in [3.63, 3.8) is 0 Å². The zero-order chi connectivity index (χ0) is 19.4. The SMILES string of the molecule is CN(CCc1ccccn1)C[C@@H]1C(=O)O[C@@H]2C[C@@]3(C)CCC[C@]4(CO4)[C@@H]3C[C@H]12. The second-order valence-electron chi connectivity index (χ2n) is 9.93. The quantitative estimate of drug-likeness (QED) is 0.577. The van der Waals surface area contributed by atoms with Crippen LogP contribution in [0.5, 0.6) is 0 Å². The number of carbonyl (C=O) groups is 1. The first-order valence-electron chi connectivity index (χ1n) is 10.9. The number of fused-ring (bicyclic) bond motifs is 3. The zero-order valence-corrected chi connectivity index (χ0v) is 17.1. The Bertz CT molecular complexity index is 735. The average Bonchev–Trinajstić information content (AvgIpc) is 3.38. The Labute approximate surface area is 167 Å². The van der Waals surface area contributed by atoms with Gasteiger partial charge in [0.1, 0.15) is 6.10 Å². The van der Waals surface area contributed by atoms with Gasteiger partial charge in [-0.25, -0.2) is 0 Å². The summed E-state index contributed by atoms with van der Waals surface area (Å²) in [5.74, 6) is 0.960. The third-order valence-electron chi connectivity index (χ3n) is 8.06. The van der Waals surface area contributed by atoms with Crippen molar-refractivity contribution in [2.75, 3.05) is 26.7 Å². The van der Waals surface area contributed by atoms with Gasteiger partial charge < -0.3 is 14.4 Å². The largest absolute Gasteiger partial charge is 0.462 e. The Morgan fingerprint density at radius 3 is 2.93 bits per heavy atom. The molecule has 1 aromatic rings. The van der Waals surface area contributed by atoms with Gasteiger partial charge in [-0.05, 0) is 62.6 Å². The van der Waals surface area contributed by atoms with Gasteiger partial charge in [0.2, 0.25) is 0 Å². The number of rotatable bonds is 5. The Morgan fingerprint density at radius 2 is 2.18 bits per heavy atom. The topological polar surface area (TPSA) is 55.0 Å². The number of esters is 1. The van der Waals surface area contributed by atoms with E-state index in [9.17, 15) is 4.79 Å². The molecular weight excluding hydrogens is 352 g/mol. The molecule has 5 nitrogen and oxygen atoms in total. The summed E-state index contributed by atoms with van der Waals surface area (Å²) in [7, 11) is 2.11. The molecular formula is C23H32N2O3. The van der Waals surface area contributed by atoms with Gasteiger partial charge in [-0.2, -0.15) is 0 Å². The lowest BCUT2D eigenvalue weighted by atomic mass is 9.53. The van der Waals surface area contributed by atoms with Crippen molar-refractivity contribution >= 4 is 5.97 Å². The van der Waals surface area contributed by atoms with Crippen molar-refractivity contribution < 1.29 is 14.3 Å². The molecule has 0 unspecified atom stereocenters. The predicted molar refractivity (Wildman–Crippen MR) is 106 cm³/mol. The summed E-state index contributed by atoms with van der Waals surface area (Å²) in [4.78, 5) is 19.4. The lowest BCUT2D eigenvalue weighted by Crippen LogP contribution is -2.51. The number of ether oxygens (including phenoxy) is 2. The van der Waals surface area contributed by atoms with Crippen molar-refractivity contribution in [3.8, 4) is 0 Å². The molecule has 0 radical (unpaired) electrons. The van der Waals surface area contributed by atoms with E-state index in [1.54, 1.807) is 0 Å². The van der Waals surface area contributed by atoms with Gasteiger partial charge >= 0.3 is 5.97 Å². The second-order valence-corrected chi connectivity index (χ2v) is 9.93. The van der Waals surface area contributed by atoms with E-state index in [1.165, 1.54) is 19.3 Å². The summed E-state index contributed by atoms with van der Waals surface area (Å²) in [5, 5.41) is 0. The van der Waals surface area contributed by atoms with Crippen LogP contribution in [0.2, 0.25) is 0 Å². The van der Waals surface area contributed by atoms with Gasteiger partial charge in [0.05, 0.1) is 18.1 Å². The molecule has 5 heteroatoms. The smallest absolute Gasteiger partial charge is 0.310 e. The fourth-order valence-corrected chi connectivity index (χ4v) is 6.44. The van der Waals surface area contributed by atoms with E-state index < -0.39 is 0 Å². The van der Waals surface area contributed by atoms with Crippen LogP contribution in [0.25, 0.3) is 0 Å². The molecule has 152 valence electrons. The van der Waals surface area contributed by atoms with Crippen LogP contribution in [0, 0.1) is 23.2 Å². The van der Waals surface area contributed by atoms with Crippen LogP contribution in [0.4, 0.5) is 0 Å². The molecule has 3 heterocycles. The lowest BCUT2D eigenvalue weighted by molar-refractivity contribution is -0.147. The summed E-state index contributed by atoms with van der Waals surface area (Å²) in [6, 6.07) is 6.04. The number of hydrogen-bond donors (Lipinski definition) is 0. The average molecular weight is 385 g/mol. The maximum Gasteiger partial charge on any atom is 0.310 e. The molecule has 4 fully saturated rings. The molecule has 2 saturated heterocycles. The minimum absolute atomic E-state index is 0.000934. The van der Waals surface area contributed by atoms with Gasteiger partial charge in [-0.1, -0.05) is 13.0 Å². The number of epoxide rings is 1. The van der Waals surface area contributed by atoms with E-state index in [2.05, 4.69) is 29.9 Å². The van der Waals surface area contributed by atoms with E-state index in [0.717, 1.165) is 44.7 Å². The number of carbonyl (C=O) groups excluding carboxylic acids is 1. The van der Waals surface area contributed by atoms with Gasteiger partial charge in [0.25, 0.3) is 0 Å². The van der Waals surface area contributed by atoms with Gasteiger partial charge in [0.15, 0.2) is 0 Å². The van der Waals surface area contributed by atoms with Crippen LogP contribution in [-0.2, 0) is 20.7 Å². The minimum Gasteiger partial charge on any atom is -0.462 e. The molecule has 0 amide bonds. The standard InChI is InChI=1S/C23H32N2O3/c1-22-8-5-9-23(15-27-23)20(22)12-17-18(21(26)28-19(17)13-22)14-25(2)11-7-16-6-3-4-10-24-16/h3-4,6,10,17-20H,5,7-9,11-15H2,1-2H3/t17-,18+,19-,20-,22-,23+/m1/s1. The van der Waals surface area contributed by atoms with Crippen molar-refractivity contribution in [2.24, 2.45) is 23.2 Å². The number of nitrogens with zero attached hydrogens (tertiary/aromatic N) is 2. The normalized spacial score (nSPS) is 41.6. The monoisotopic (exact) mass is 384 g/mol. The Hall–Kier alpha value is -1.46. The van der Waals surface area contributed by atoms with E-state index in [4.69, 9.17) is 9.47 Å². The van der Waals surface area contributed by atoms with Crippen molar-refractivity contribution in [1.29, 1.82) is 0 Å². The number of likely N-dealkylation sites (N-methyl/N-ethyl adjacent to an activating group) is 1. The minimum atomic E-state index is 0.000934. The molecule has 0 N–H and O–H groups in total. The van der Waals surface area contributed by atoms with Crippen LogP contribution in [0.1, 0.15) is 44.7 Å². The van der Waals surface area contributed by atoms with E-state index in [0.29, 0.717) is 11.8 Å². The van der Waals surface area contributed by atoms with Gasteiger partial charge in [-0.15, -0.1) is 0 Å². The lowest BCUT2D eigenvalue weighted by Gasteiger charge is -2.51. The molecule has 0 bridgehead atoms. The molecule has 0 aromatic carbocycles. The van der Waals surface area contributed by atoms with E-state index >= 15 is 0 Å². The highest BCUT2D eigenvalue weighted by atomic mass is 16.6. The molecule has 2 aliphatic heterocycles. The van der Waals surface area contributed by atoms with Gasteiger partial charge in [0, 0.05) is 37.3 Å². The molecule has 2 aliphatic carbocycles. The fourth-order valence-electron chi connectivity index (χ4n) is 6.44. The second kappa shape index (κ2) is 6.81. The first kappa shape index (κ1) is 18.6. The highest BCUT2D eigenvalue weighted by molar-refractivity contribution is 5.75. The summed E-state index contributed by atoms with van der Waals surface area (Å²) >= 11 is 0. The summed E-state index contributed by atoms with van der Waals surface area (Å²) in [6.45, 7) is 5.03. The molecule has 1 aromatic heterocycles.